The predicted octanol–water partition coefficient (Wildman–Crippen LogP) is 3.05. The number of rotatable bonds is 10. The van der Waals surface area contributed by atoms with Gasteiger partial charge in [0.2, 0.25) is 5.91 Å². The van der Waals surface area contributed by atoms with Gasteiger partial charge in [-0.15, -0.1) is 0 Å². The summed E-state index contributed by atoms with van der Waals surface area (Å²) < 4.78 is 0. The van der Waals surface area contributed by atoms with Crippen molar-refractivity contribution >= 4 is 40.7 Å². The monoisotopic (exact) mass is 561 g/mol. The summed E-state index contributed by atoms with van der Waals surface area (Å²) in [5.74, 6) is -1.27. The molecule has 11 heteroatoms. The summed E-state index contributed by atoms with van der Waals surface area (Å²) in [4.78, 5) is 48.0. The molecule has 1 aromatic heterocycles. The third-order valence-electron chi connectivity index (χ3n) is 6.11. The van der Waals surface area contributed by atoms with Gasteiger partial charge in [0.15, 0.2) is 5.11 Å². The Morgan fingerprint density at radius 2 is 1.52 bits per heavy atom. The average molecular weight is 562 g/mol. The number of para-hydroxylation sites is 1. The molecule has 0 saturated carbocycles. The first kappa shape index (κ1) is 30.2. The fraction of sp³-hybridized carbons (Fsp3) is 0.310. The molecule has 0 bridgehead atoms. The number of carbonyl (C=O) groups excluding carboxylic acids is 3. The standard InChI is InChI=1S/C29H35N7O3S/c1-20(2)17-24(28(39)35(3)36(4)29(40)32-22-13-9-6-10-14-22)34-26(37)23(18-21-11-7-5-8-12-21)33-27(38)25-19-30-15-16-31-25/h5-16,19-20,23-24H,17-18H2,1-4H3,(H,32,40)(H,33,38)(H,34,37)/t23-,24-/m0/s1. The molecule has 40 heavy (non-hydrogen) atoms. The molecule has 10 nitrogen and oxygen atoms in total. The maximum Gasteiger partial charge on any atom is 0.272 e. The molecule has 0 unspecified atom stereocenters. The molecule has 0 fully saturated rings. The van der Waals surface area contributed by atoms with Crippen molar-refractivity contribution in [1.82, 2.24) is 30.6 Å². The van der Waals surface area contributed by atoms with E-state index < -0.39 is 23.9 Å². The van der Waals surface area contributed by atoms with Crippen molar-refractivity contribution in [1.29, 1.82) is 0 Å². The van der Waals surface area contributed by atoms with Crippen molar-refractivity contribution in [2.45, 2.75) is 38.8 Å². The van der Waals surface area contributed by atoms with Gasteiger partial charge in [-0.05, 0) is 42.3 Å². The lowest BCUT2D eigenvalue weighted by Gasteiger charge is -2.34. The van der Waals surface area contributed by atoms with Crippen molar-refractivity contribution < 1.29 is 14.4 Å². The van der Waals surface area contributed by atoms with Crippen LogP contribution in [0.5, 0.6) is 0 Å². The highest BCUT2D eigenvalue weighted by Gasteiger charge is 2.31. The van der Waals surface area contributed by atoms with E-state index in [9.17, 15) is 14.4 Å². The molecule has 3 N–H and O–H groups in total. The van der Waals surface area contributed by atoms with Crippen LogP contribution in [-0.4, -0.2) is 69.0 Å². The largest absolute Gasteiger partial charge is 0.342 e. The highest BCUT2D eigenvalue weighted by molar-refractivity contribution is 7.80. The van der Waals surface area contributed by atoms with Gasteiger partial charge in [0, 0.05) is 38.6 Å². The minimum Gasteiger partial charge on any atom is -0.342 e. The highest BCUT2D eigenvalue weighted by Crippen LogP contribution is 2.12. The van der Waals surface area contributed by atoms with E-state index in [2.05, 4.69) is 25.9 Å². The van der Waals surface area contributed by atoms with Gasteiger partial charge in [0.1, 0.15) is 17.8 Å². The Hall–Kier alpha value is -4.38. The first-order chi connectivity index (χ1) is 19.2. The van der Waals surface area contributed by atoms with E-state index in [0.29, 0.717) is 11.5 Å². The highest BCUT2D eigenvalue weighted by atomic mass is 32.1. The Bertz CT molecular complexity index is 1280. The quantitative estimate of drug-likeness (QED) is 0.255. The first-order valence-corrected chi connectivity index (χ1v) is 13.3. The van der Waals surface area contributed by atoms with E-state index in [0.717, 1.165) is 11.3 Å². The van der Waals surface area contributed by atoms with Crippen molar-refractivity contribution in [3.63, 3.8) is 0 Å². The topological polar surface area (TPSA) is 120 Å². The second-order valence-corrected chi connectivity index (χ2v) is 10.1. The Morgan fingerprint density at radius 1 is 0.875 bits per heavy atom. The van der Waals surface area contributed by atoms with Gasteiger partial charge in [0.05, 0.1) is 6.20 Å². The number of hydrogen-bond acceptors (Lipinski definition) is 6. The number of hydrogen-bond donors (Lipinski definition) is 3. The SMILES string of the molecule is CC(C)C[C@H](NC(=O)[C@H](Cc1ccccc1)NC(=O)c1cnccn1)C(=O)N(C)N(C)C(=S)Nc1ccccc1. The maximum absolute atomic E-state index is 13.6. The molecule has 2 atom stereocenters. The molecule has 0 saturated heterocycles. The third-order valence-corrected chi connectivity index (χ3v) is 6.48. The lowest BCUT2D eigenvalue weighted by molar-refractivity contribution is -0.143. The van der Waals surface area contributed by atoms with Crippen molar-refractivity contribution in [3.8, 4) is 0 Å². The summed E-state index contributed by atoms with van der Waals surface area (Å²) in [7, 11) is 3.27. The molecular weight excluding hydrogens is 526 g/mol. The molecule has 0 radical (unpaired) electrons. The van der Waals surface area contributed by atoms with E-state index in [1.807, 2.05) is 74.5 Å². The fourth-order valence-corrected chi connectivity index (χ4v) is 4.15. The van der Waals surface area contributed by atoms with E-state index >= 15 is 0 Å². The van der Waals surface area contributed by atoms with Gasteiger partial charge < -0.3 is 16.0 Å². The Kier molecular flexibility index (Phi) is 11.1. The van der Waals surface area contributed by atoms with Gasteiger partial charge >= 0.3 is 0 Å². The molecular formula is C29H35N7O3S. The van der Waals surface area contributed by atoms with Crippen LogP contribution in [0.2, 0.25) is 0 Å². The Labute approximate surface area is 240 Å². The van der Waals surface area contributed by atoms with Crippen molar-refractivity contribution in [2.75, 3.05) is 19.4 Å². The van der Waals surface area contributed by atoms with Gasteiger partial charge in [0.25, 0.3) is 11.8 Å². The van der Waals surface area contributed by atoms with Crippen molar-refractivity contribution in [3.05, 3.63) is 90.5 Å². The van der Waals surface area contributed by atoms with E-state index in [-0.39, 0.29) is 23.9 Å². The number of carbonyl (C=O) groups is 3. The van der Waals surface area contributed by atoms with Gasteiger partial charge in [-0.25, -0.2) is 4.98 Å². The molecule has 2 aromatic carbocycles. The van der Waals surface area contributed by atoms with Crippen LogP contribution in [0.15, 0.2) is 79.3 Å². The average Bonchev–Trinajstić information content (AvgIpc) is 2.96. The molecule has 0 aliphatic heterocycles. The number of aromatic nitrogens is 2. The minimum absolute atomic E-state index is 0.0870. The third kappa shape index (κ3) is 8.84. The lowest BCUT2D eigenvalue weighted by atomic mass is 10.0. The number of anilines is 1. The van der Waals surface area contributed by atoms with E-state index in [1.165, 1.54) is 28.6 Å². The van der Waals surface area contributed by atoms with E-state index in [1.54, 1.807) is 14.1 Å². The number of thiocarbonyl (C=S) groups is 1. The number of nitrogens with zero attached hydrogens (tertiary/aromatic N) is 4. The molecule has 0 spiro atoms. The van der Waals surface area contributed by atoms with Crippen LogP contribution < -0.4 is 16.0 Å². The number of amides is 3. The van der Waals surface area contributed by atoms with Crippen LogP contribution in [0.25, 0.3) is 0 Å². The van der Waals surface area contributed by atoms with E-state index in [4.69, 9.17) is 12.2 Å². The zero-order valence-electron chi connectivity index (χ0n) is 23.1. The molecule has 0 aliphatic rings. The van der Waals surface area contributed by atoms with Crippen molar-refractivity contribution in [2.24, 2.45) is 5.92 Å². The van der Waals surface area contributed by atoms with Crippen LogP contribution in [0.1, 0.15) is 36.3 Å². The number of nitrogens with one attached hydrogen (secondary N) is 3. The summed E-state index contributed by atoms with van der Waals surface area (Å²) in [5, 5.41) is 11.9. The molecule has 3 aromatic rings. The normalized spacial score (nSPS) is 12.1. The van der Waals surface area contributed by atoms with Gasteiger partial charge in [-0.1, -0.05) is 62.4 Å². The second-order valence-electron chi connectivity index (χ2n) is 9.68. The molecule has 3 rings (SSSR count). The fourth-order valence-electron chi connectivity index (χ4n) is 3.91. The summed E-state index contributed by atoms with van der Waals surface area (Å²) in [5.41, 5.74) is 1.72. The second kappa shape index (κ2) is 14.7. The lowest BCUT2D eigenvalue weighted by Crippen LogP contribution is -2.57. The summed E-state index contributed by atoms with van der Waals surface area (Å²) in [6.07, 6.45) is 4.80. The molecule has 1 heterocycles. The molecule has 0 aliphatic carbocycles. The van der Waals surface area contributed by atoms with Gasteiger partial charge in [-0.3, -0.25) is 29.4 Å². The summed E-state index contributed by atoms with van der Waals surface area (Å²) >= 11 is 5.50. The molecule has 210 valence electrons. The Morgan fingerprint density at radius 3 is 2.12 bits per heavy atom. The predicted molar refractivity (Wildman–Crippen MR) is 158 cm³/mol. The van der Waals surface area contributed by atoms with Crippen LogP contribution >= 0.6 is 12.2 Å². The first-order valence-electron chi connectivity index (χ1n) is 12.9. The van der Waals surface area contributed by atoms with Crippen LogP contribution in [0.4, 0.5) is 5.69 Å². The van der Waals surface area contributed by atoms with Crippen LogP contribution in [0.3, 0.4) is 0 Å². The minimum atomic E-state index is -0.955. The number of benzene rings is 2. The zero-order chi connectivity index (χ0) is 29.1. The molecule has 3 amide bonds. The number of likely N-dealkylation sites (N-methyl/N-ethyl adjacent to an activating group) is 1. The summed E-state index contributed by atoms with van der Waals surface area (Å²) in [6, 6.07) is 16.9. The maximum atomic E-state index is 13.6. The smallest absolute Gasteiger partial charge is 0.272 e. The number of hydrazine groups is 1. The Balaban J connectivity index is 1.76. The zero-order valence-corrected chi connectivity index (χ0v) is 23.9. The van der Waals surface area contributed by atoms with Crippen LogP contribution in [-0.2, 0) is 16.0 Å². The van der Waals surface area contributed by atoms with Crippen LogP contribution in [0, 0.1) is 5.92 Å². The van der Waals surface area contributed by atoms with Gasteiger partial charge in [-0.2, -0.15) is 0 Å². The summed E-state index contributed by atoms with van der Waals surface area (Å²) in [6.45, 7) is 3.93.